The van der Waals surface area contributed by atoms with E-state index < -0.39 is 6.10 Å². The molecule has 0 fully saturated rings. The number of rotatable bonds is 3. The highest BCUT2D eigenvalue weighted by molar-refractivity contribution is 5.96. The third kappa shape index (κ3) is 2.67. The highest BCUT2D eigenvalue weighted by atomic mass is 16.6. The monoisotopic (exact) mass is 323 g/mol. The lowest BCUT2D eigenvalue weighted by molar-refractivity contribution is -0.125. The molecule has 0 radical (unpaired) electrons. The first-order valence-corrected chi connectivity index (χ1v) is 7.38. The molecule has 4 rings (SSSR count). The first-order valence-electron chi connectivity index (χ1n) is 7.38. The Labute approximate surface area is 137 Å². The van der Waals surface area contributed by atoms with E-state index in [0.29, 0.717) is 17.2 Å². The van der Waals surface area contributed by atoms with E-state index in [4.69, 9.17) is 14.1 Å². The SMILES string of the molecule is O=C(Nc1nonc1-c1ccccc1)C1COc2ccccc2O1. The van der Waals surface area contributed by atoms with Gasteiger partial charge in [0.15, 0.2) is 17.2 Å². The number of ether oxygens (including phenoxy) is 2. The van der Waals surface area contributed by atoms with Gasteiger partial charge in [0.25, 0.3) is 5.91 Å². The molecule has 1 atom stereocenters. The zero-order valence-corrected chi connectivity index (χ0v) is 12.5. The predicted molar refractivity (Wildman–Crippen MR) is 84.7 cm³/mol. The van der Waals surface area contributed by atoms with Crippen molar-refractivity contribution in [2.24, 2.45) is 0 Å². The maximum atomic E-state index is 12.4. The Morgan fingerprint density at radius 2 is 1.75 bits per heavy atom. The fourth-order valence-corrected chi connectivity index (χ4v) is 2.40. The largest absolute Gasteiger partial charge is 0.485 e. The van der Waals surface area contributed by atoms with Crippen molar-refractivity contribution in [1.82, 2.24) is 10.3 Å². The summed E-state index contributed by atoms with van der Waals surface area (Å²) >= 11 is 0. The van der Waals surface area contributed by atoms with Crippen LogP contribution in [0.25, 0.3) is 11.3 Å². The number of para-hydroxylation sites is 2. The fraction of sp³-hybridized carbons (Fsp3) is 0.118. The molecule has 1 unspecified atom stereocenters. The van der Waals surface area contributed by atoms with Crippen LogP contribution in [0.15, 0.2) is 59.2 Å². The summed E-state index contributed by atoms with van der Waals surface area (Å²) in [4.78, 5) is 12.4. The third-order valence-corrected chi connectivity index (χ3v) is 3.58. The molecule has 2 aromatic carbocycles. The van der Waals surface area contributed by atoms with Crippen LogP contribution in [0.1, 0.15) is 0 Å². The van der Waals surface area contributed by atoms with Gasteiger partial charge in [-0.15, -0.1) is 0 Å². The van der Waals surface area contributed by atoms with Crippen molar-refractivity contribution < 1.29 is 18.9 Å². The van der Waals surface area contributed by atoms with Crippen molar-refractivity contribution in [3.8, 4) is 22.8 Å². The van der Waals surface area contributed by atoms with Crippen molar-refractivity contribution in [1.29, 1.82) is 0 Å². The van der Waals surface area contributed by atoms with Gasteiger partial charge < -0.3 is 14.8 Å². The molecule has 0 saturated carbocycles. The van der Waals surface area contributed by atoms with Crippen molar-refractivity contribution in [2.45, 2.75) is 6.10 Å². The second kappa shape index (κ2) is 6.04. The number of benzene rings is 2. The lowest BCUT2D eigenvalue weighted by Crippen LogP contribution is -2.40. The molecule has 3 aromatic rings. The quantitative estimate of drug-likeness (QED) is 0.797. The van der Waals surface area contributed by atoms with Gasteiger partial charge in [-0.05, 0) is 22.4 Å². The normalized spacial score (nSPS) is 15.8. The first-order chi connectivity index (χ1) is 11.8. The number of aromatic nitrogens is 2. The second-order valence-electron chi connectivity index (χ2n) is 5.18. The van der Waals surface area contributed by atoms with Crippen LogP contribution in [0.2, 0.25) is 0 Å². The lowest BCUT2D eigenvalue weighted by Gasteiger charge is -2.25. The third-order valence-electron chi connectivity index (χ3n) is 3.58. The number of anilines is 1. The number of nitrogens with zero attached hydrogens (tertiary/aromatic N) is 2. The van der Waals surface area contributed by atoms with Gasteiger partial charge >= 0.3 is 0 Å². The van der Waals surface area contributed by atoms with E-state index in [0.717, 1.165) is 5.56 Å². The van der Waals surface area contributed by atoms with E-state index in [1.54, 1.807) is 12.1 Å². The second-order valence-corrected chi connectivity index (χ2v) is 5.18. The number of carbonyl (C=O) groups excluding carboxylic acids is 1. The molecule has 2 heterocycles. The Kier molecular flexibility index (Phi) is 3.59. The molecule has 0 saturated heterocycles. The summed E-state index contributed by atoms with van der Waals surface area (Å²) in [5, 5.41) is 10.3. The van der Waals surface area contributed by atoms with Gasteiger partial charge in [0.2, 0.25) is 11.9 Å². The molecule has 7 heteroatoms. The minimum absolute atomic E-state index is 0.120. The molecular weight excluding hydrogens is 310 g/mol. The summed E-state index contributed by atoms with van der Waals surface area (Å²) in [5.74, 6) is 1.02. The lowest BCUT2D eigenvalue weighted by atomic mass is 10.1. The Hall–Kier alpha value is -3.35. The van der Waals surface area contributed by atoms with Crippen LogP contribution < -0.4 is 14.8 Å². The minimum Gasteiger partial charge on any atom is -0.485 e. The van der Waals surface area contributed by atoms with Gasteiger partial charge in [0.05, 0.1) is 0 Å². The van der Waals surface area contributed by atoms with Crippen LogP contribution in [0, 0.1) is 0 Å². The smallest absolute Gasteiger partial charge is 0.270 e. The predicted octanol–water partition coefficient (Wildman–Crippen LogP) is 2.52. The minimum atomic E-state index is -0.778. The number of carbonyl (C=O) groups is 1. The van der Waals surface area contributed by atoms with Gasteiger partial charge in [0, 0.05) is 5.56 Å². The number of hydrogen-bond donors (Lipinski definition) is 1. The van der Waals surface area contributed by atoms with Crippen molar-refractivity contribution in [3.05, 3.63) is 54.6 Å². The van der Waals surface area contributed by atoms with Gasteiger partial charge in [-0.1, -0.05) is 42.5 Å². The molecule has 1 aliphatic heterocycles. The van der Waals surface area contributed by atoms with Crippen LogP contribution in [0.5, 0.6) is 11.5 Å². The van der Waals surface area contributed by atoms with E-state index in [1.807, 2.05) is 42.5 Å². The van der Waals surface area contributed by atoms with Gasteiger partial charge in [0.1, 0.15) is 6.61 Å². The number of amides is 1. The summed E-state index contributed by atoms with van der Waals surface area (Å²) in [6.07, 6.45) is -0.778. The molecule has 1 N–H and O–H groups in total. The van der Waals surface area contributed by atoms with E-state index >= 15 is 0 Å². The van der Waals surface area contributed by atoms with Crippen LogP contribution in [-0.2, 0) is 4.79 Å². The number of fused-ring (bicyclic) bond motifs is 1. The van der Waals surface area contributed by atoms with Crippen molar-refractivity contribution in [3.63, 3.8) is 0 Å². The van der Waals surface area contributed by atoms with Crippen LogP contribution >= 0.6 is 0 Å². The molecule has 1 aliphatic rings. The van der Waals surface area contributed by atoms with Crippen molar-refractivity contribution in [2.75, 3.05) is 11.9 Å². The molecule has 1 aromatic heterocycles. The zero-order chi connectivity index (χ0) is 16.4. The molecule has 0 spiro atoms. The molecule has 1 amide bonds. The molecule has 7 nitrogen and oxygen atoms in total. The van der Waals surface area contributed by atoms with Crippen LogP contribution in [0.4, 0.5) is 5.82 Å². The summed E-state index contributed by atoms with van der Waals surface area (Å²) < 4.78 is 16.0. The van der Waals surface area contributed by atoms with Crippen LogP contribution in [-0.4, -0.2) is 28.9 Å². The average molecular weight is 323 g/mol. The maximum Gasteiger partial charge on any atom is 0.270 e. The molecule has 0 aliphatic carbocycles. The first kappa shape index (κ1) is 14.3. The molecule has 0 bridgehead atoms. The van der Waals surface area contributed by atoms with E-state index in [-0.39, 0.29) is 18.3 Å². The molecule has 120 valence electrons. The van der Waals surface area contributed by atoms with E-state index in [2.05, 4.69) is 15.6 Å². The Bertz CT molecular complexity index is 863. The number of nitrogens with one attached hydrogen (secondary N) is 1. The zero-order valence-electron chi connectivity index (χ0n) is 12.5. The highest BCUT2D eigenvalue weighted by Crippen LogP contribution is 2.31. The van der Waals surface area contributed by atoms with Crippen molar-refractivity contribution >= 4 is 11.7 Å². The summed E-state index contributed by atoms with van der Waals surface area (Å²) in [6, 6.07) is 16.5. The summed E-state index contributed by atoms with van der Waals surface area (Å²) in [5.41, 5.74) is 1.25. The molecular formula is C17H13N3O4. The van der Waals surface area contributed by atoms with Crippen LogP contribution in [0.3, 0.4) is 0 Å². The van der Waals surface area contributed by atoms with Gasteiger partial charge in [-0.3, -0.25) is 4.79 Å². The van der Waals surface area contributed by atoms with Gasteiger partial charge in [-0.25, -0.2) is 4.63 Å². The standard InChI is InChI=1S/C17H13N3O4/c21-17(14-10-22-12-8-4-5-9-13(12)23-14)18-16-15(19-24-20-16)11-6-2-1-3-7-11/h1-9,14H,10H2,(H,18,20,21). The molecule has 24 heavy (non-hydrogen) atoms. The summed E-state index contributed by atoms with van der Waals surface area (Å²) in [6.45, 7) is 0.120. The Morgan fingerprint density at radius 3 is 2.58 bits per heavy atom. The average Bonchev–Trinajstić information content (AvgIpc) is 3.10. The van der Waals surface area contributed by atoms with Gasteiger partial charge in [-0.2, -0.15) is 0 Å². The van der Waals surface area contributed by atoms with E-state index in [9.17, 15) is 4.79 Å². The van der Waals surface area contributed by atoms with E-state index in [1.165, 1.54) is 0 Å². The fourth-order valence-electron chi connectivity index (χ4n) is 2.40. The maximum absolute atomic E-state index is 12.4. The Morgan fingerprint density at radius 1 is 1.00 bits per heavy atom. The topological polar surface area (TPSA) is 86.5 Å². The Balaban J connectivity index is 1.51. The summed E-state index contributed by atoms with van der Waals surface area (Å²) in [7, 11) is 0. The number of hydrogen-bond acceptors (Lipinski definition) is 6. The highest BCUT2D eigenvalue weighted by Gasteiger charge is 2.28.